The van der Waals surface area contributed by atoms with Crippen LogP contribution in [0.1, 0.15) is 43.6 Å². The molecular formula is C14H19N3O4. The Morgan fingerprint density at radius 3 is 2.67 bits per heavy atom. The van der Waals surface area contributed by atoms with Crippen LogP contribution in [0.5, 0.6) is 0 Å². The highest BCUT2D eigenvalue weighted by Crippen LogP contribution is 2.36. The highest BCUT2D eigenvalue weighted by molar-refractivity contribution is 5.86. The molecule has 7 heteroatoms. The monoisotopic (exact) mass is 293 g/mol. The minimum absolute atomic E-state index is 0.129. The van der Waals surface area contributed by atoms with E-state index in [9.17, 15) is 14.9 Å². The predicted octanol–water partition coefficient (Wildman–Crippen LogP) is 2.70. The first kappa shape index (κ1) is 15.2. The number of carboxylic acid groups (broad SMARTS) is 1. The third-order valence-electron chi connectivity index (χ3n) is 3.48. The van der Waals surface area contributed by atoms with E-state index in [0.29, 0.717) is 12.5 Å². The number of nitrogens with zero attached hydrogens (tertiary/aromatic N) is 3. The van der Waals surface area contributed by atoms with Crippen molar-refractivity contribution in [1.82, 2.24) is 4.98 Å². The molecule has 0 radical (unpaired) electrons. The normalized spacial score (nSPS) is 14.2. The minimum atomic E-state index is -1.18. The van der Waals surface area contributed by atoms with Crippen LogP contribution in [0.25, 0.3) is 0 Å². The molecule has 0 atom stereocenters. The van der Waals surface area contributed by atoms with Crippen molar-refractivity contribution in [2.75, 3.05) is 11.4 Å². The summed E-state index contributed by atoms with van der Waals surface area (Å²) in [4.78, 5) is 27.6. The fourth-order valence-corrected chi connectivity index (χ4v) is 2.16. The summed E-state index contributed by atoms with van der Waals surface area (Å²) in [5.41, 5.74) is -0.290. The van der Waals surface area contributed by atoms with E-state index < -0.39 is 10.9 Å². The Labute approximate surface area is 122 Å². The van der Waals surface area contributed by atoms with E-state index in [1.54, 1.807) is 0 Å². The second kappa shape index (κ2) is 6.07. The van der Waals surface area contributed by atoms with Gasteiger partial charge in [0.05, 0.1) is 4.92 Å². The van der Waals surface area contributed by atoms with E-state index >= 15 is 0 Å². The number of hydrogen-bond donors (Lipinski definition) is 1. The number of pyridine rings is 1. The van der Waals surface area contributed by atoms with Gasteiger partial charge in [0.25, 0.3) is 0 Å². The van der Waals surface area contributed by atoms with E-state index in [1.165, 1.54) is 12.1 Å². The maximum absolute atomic E-state index is 11.2. The summed E-state index contributed by atoms with van der Waals surface area (Å²) in [5, 5.41) is 20.2. The summed E-state index contributed by atoms with van der Waals surface area (Å²) in [6.45, 7) is 4.82. The van der Waals surface area contributed by atoms with Gasteiger partial charge in [-0.05, 0) is 31.2 Å². The highest BCUT2D eigenvalue weighted by atomic mass is 16.6. The van der Waals surface area contributed by atoms with Gasteiger partial charge in [0.2, 0.25) is 5.82 Å². The third-order valence-corrected chi connectivity index (χ3v) is 3.48. The average Bonchev–Trinajstić information content (AvgIpc) is 3.22. The van der Waals surface area contributed by atoms with Crippen molar-refractivity contribution in [3.05, 3.63) is 27.9 Å². The molecule has 1 saturated carbocycles. The molecular weight excluding hydrogens is 274 g/mol. The lowest BCUT2D eigenvalue weighted by atomic mass is 10.1. The summed E-state index contributed by atoms with van der Waals surface area (Å²) >= 11 is 0. The number of aromatic nitrogens is 1. The van der Waals surface area contributed by atoms with Crippen LogP contribution in [0.2, 0.25) is 0 Å². The standard InChI is InChI=1S/C14H19N3O4/c1-9(2)7-8-16(10-3-4-10)13-12(17(20)21)6-5-11(15-13)14(18)19/h5-6,9-10H,3-4,7-8H2,1-2H3,(H,18,19). The van der Waals surface area contributed by atoms with Gasteiger partial charge in [0.1, 0.15) is 0 Å². The van der Waals surface area contributed by atoms with Crippen molar-refractivity contribution in [3.8, 4) is 0 Å². The molecule has 1 aromatic heterocycles. The maximum Gasteiger partial charge on any atom is 0.354 e. The van der Waals surface area contributed by atoms with Crippen molar-refractivity contribution in [2.24, 2.45) is 5.92 Å². The summed E-state index contributed by atoms with van der Waals surface area (Å²) < 4.78 is 0. The van der Waals surface area contributed by atoms with Crippen LogP contribution in [0.4, 0.5) is 11.5 Å². The third kappa shape index (κ3) is 3.68. The first-order valence-corrected chi connectivity index (χ1v) is 7.05. The SMILES string of the molecule is CC(C)CCN(c1nc(C(=O)O)ccc1[N+](=O)[O-])C1CC1. The van der Waals surface area contributed by atoms with Crippen molar-refractivity contribution in [3.63, 3.8) is 0 Å². The molecule has 1 aliphatic carbocycles. The highest BCUT2D eigenvalue weighted by Gasteiger charge is 2.34. The van der Waals surface area contributed by atoms with Crippen molar-refractivity contribution in [2.45, 2.75) is 39.2 Å². The topological polar surface area (TPSA) is 96.6 Å². The van der Waals surface area contributed by atoms with E-state index in [2.05, 4.69) is 18.8 Å². The fourth-order valence-electron chi connectivity index (χ4n) is 2.16. The quantitative estimate of drug-likeness (QED) is 0.613. The second-order valence-electron chi connectivity index (χ2n) is 5.71. The average molecular weight is 293 g/mol. The van der Waals surface area contributed by atoms with E-state index in [4.69, 9.17) is 5.11 Å². The fraction of sp³-hybridized carbons (Fsp3) is 0.571. The van der Waals surface area contributed by atoms with Crippen molar-refractivity contribution in [1.29, 1.82) is 0 Å². The van der Waals surface area contributed by atoms with Gasteiger partial charge < -0.3 is 10.0 Å². The van der Waals surface area contributed by atoms with Gasteiger partial charge in [-0.3, -0.25) is 10.1 Å². The van der Waals surface area contributed by atoms with Crippen molar-refractivity contribution >= 4 is 17.5 Å². The number of carboxylic acids is 1. The lowest BCUT2D eigenvalue weighted by Gasteiger charge is -2.24. The Hall–Kier alpha value is -2.18. The molecule has 0 unspecified atom stereocenters. The number of nitro groups is 1. The molecule has 21 heavy (non-hydrogen) atoms. The number of anilines is 1. The van der Waals surface area contributed by atoms with Gasteiger partial charge in [0, 0.05) is 18.7 Å². The van der Waals surface area contributed by atoms with Gasteiger partial charge in [0.15, 0.2) is 5.69 Å². The van der Waals surface area contributed by atoms with Gasteiger partial charge in [-0.15, -0.1) is 0 Å². The molecule has 0 aliphatic heterocycles. The van der Waals surface area contributed by atoms with Crippen LogP contribution < -0.4 is 4.90 Å². The molecule has 7 nitrogen and oxygen atoms in total. The molecule has 1 heterocycles. The first-order chi connectivity index (χ1) is 9.90. The van der Waals surface area contributed by atoms with Crippen LogP contribution >= 0.6 is 0 Å². The van der Waals surface area contributed by atoms with Crippen LogP contribution in [-0.2, 0) is 0 Å². The largest absolute Gasteiger partial charge is 0.477 e. The van der Waals surface area contributed by atoms with Crippen LogP contribution in [0, 0.1) is 16.0 Å². The maximum atomic E-state index is 11.2. The predicted molar refractivity (Wildman–Crippen MR) is 77.7 cm³/mol. The van der Waals surface area contributed by atoms with Gasteiger partial charge in [-0.2, -0.15) is 0 Å². The lowest BCUT2D eigenvalue weighted by Crippen LogP contribution is -2.29. The number of carbonyl (C=O) groups is 1. The lowest BCUT2D eigenvalue weighted by molar-refractivity contribution is -0.384. The van der Waals surface area contributed by atoms with Gasteiger partial charge in [-0.1, -0.05) is 13.8 Å². The molecule has 114 valence electrons. The molecule has 2 rings (SSSR count). The molecule has 0 amide bonds. The summed E-state index contributed by atoms with van der Waals surface area (Å²) in [6, 6.07) is 2.65. The minimum Gasteiger partial charge on any atom is -0.477 e. The van der Waals surface area contributed by atoms with Crippen LogP contribution in [-0.4, -0.2) is 33.6 Å². The second-order valence-corrected chi connectivity index (χ2v) is 5.71. The molecule has 0 spiro atoms. The zero-order chi connectivity index (χ0) is 15.6. The summed E-state index contributed by atoms with van der Waals surface area (Å²) in [5.74, 6) is -0.526. The Morgan fingerprint density at radius 2 is 2.19 bits per heavy atom. The first-order valence-electron chi connectivity index (χ1n) is 7.05. The Balaban J connectivity index is 2.38. The van der Waals surface area contributed by atoms with E-state index in [0.717, 1.165) is 19.3 Å². The molecule has 0 aromatic carbocycles. The number of rotatable bonds is 7. The van der Waals surface area contributed by atoms with E-state index in [-0.39, 0.29) is 23.2 Å². The smallest absolute Gasteiger partial charge is 0.354 e. The van der Waals surface area contributed by atoms with E-state index in [1.807, 2.05) is 4.90 Å². The van der Waals surface area contributed by atoms with Gasteiger partial charge >= 0.3 is 11.7 Å². The van der Waals surface area contributed by atoms with Crippen molar-refractivity contribution < 1.29 is 14.8 Å². The zero-order valence-electron chi connectivity index (χ0n) is 12.2. The summed E-state index contributed by atoms with van der Waals surface area (Å²) in [6.07, 6.45) is 2.81. The molecule has 1 aromatic rings. The summed E-state index contributed by atoms with van der Waals surface area (Å²) in [7, 11) is 0. The number of aromatic carboxylic acids is 1. The molecule has 1 aliphatic rings. The molecule has 0 bridgehead atoms. The van der Waals surface area contributed by atoms with Gasteiger partial charge in [-0.25, -0.2) is 9.78 Å². The Kier molecular flexibility index (Phi) is 4.40. The number of hydrogen-bond acceptors (Lipinski definition) is 5. The molecule has 1 N–H and O–H groups in total. The zero-order valence-corrected chi connectivity index (χ0v) is 12.2. The Bertz CT molecular complexity index is 555. The van der Waals surface area contributed by atoms with Crippen LogP contribution in [0.3, 0.4) is 0 Å². The Morgan fingerprint density at radius 1 is 1.52 bits per heavy atom. The molecule has 0 saturated heterocycles. The van der Waals surface area contributed by atoms with Crippen LogP contribution in [0.15, 0.2) is 12.1 Å². The molecule has 1 fully saturated rings.